The second-order valence-electron chi connectivity index (χ2n) is 9.03. The third kappa shape index (κ3) is 8.06. The van der Waals surface area contributed by atoms with Crippen LogP contribution in [0, 0.1) is 5.82 Å². The average molecular weight is 544 g/mol. The highest BCUT2D eigenvalue weighted by Crippen LogP contribution is 2.32. The van der Waals surface area contributed by atoms with Crippen LogP contribution in [0.3, 0.4) is 0 Å². The molecule has 2 N–H and O–H groups in total. The second-order valence-corrected chi connectivity index (χ2v) is 9.47. The van der Waals surface area contributed by atoms with Gasteiger partial charge >= 0.3 is 0 Å². The van der Waals surface area contributed by atoms with Gasteiger partial charge in [-0.15, -0.1) is 10.2 Å². The molecule has 1 saturated heterocycles. The van der Waals surface area contributed by atoms with Crippen molar-refractivity contribution in [2.75, 3.05) is 70.7 Å². The molecule has 0 bridgehead atoms. The maximum absolute atomic E-state index is 14.5. The molecule has 1 aliphatic heterocycles. The Bertz CT molecular complexity index is 1240. The summed E-state index contributed by atoms with van der Waals surface area (Å²) in [5.41, 5.74) is 1.62. The number of carbonyl (C=O) groups excluding carboxylic acids is 1. The normalized spacial score (nSPS) is 13.9. The number of amides is 1. The molecule has 1 aromatic carbocycles. The summed E-state index contributed by atoms with van der Waals surface area (Å²) < 4.78 is 25.7. The Kier molecular flexibility index (Phi) is 9.77. The van der Waals surface area contributed by atoms with Crippen molar-refractivity contribution in [1.29, 1.82) is 0 Å². The number of rotatable bonds is 11. The quantitative estimate of drug-likeness (QED) is 0.375. The lowest BCUT2D eigenvalue weighted by Gasteiger charge is -2.26. The van der Waals surface area contributed by atoms with E-state index in [4.69, 9.17) is 21.1 Å². The largest absolute Gasteiger partial charge is 0.474 e. The first-order valence-electron chi connectivity index (χ1n) is 12.3. The number of nitrogens with one attached hydrogen (secondary N) is 2. The maximum Gasteiger partial charge on any atom is 0.257 e. The van der Waals surface area contributed by atoms with Gasteiger partial charge in [0.2, 0.25) is 5.91 Å². The third-order valence-corrected chi connectivity index (χ3v) is 6.04. The van der Waals surface area contributed by atoms with Gasteiger partial charge in [0.05, 0.1) is 18.9 Å². The molecule has 1 aliphatic rings. The van der Waals surface area contributed by atoms with Gasteiger partial charge in [0, 0.05) is 61.1 Å². The first kappa shape index (κ1) is 27.6. The van der Waals surface area contributed by atoms with E-state index < -0.39 is 5.82 Å². The molecule has 1 fully saturated rings. The van der Waals surface area contributed by atoms with Gasteiger partial charge in [0.1, 0.15) is 23.9 Å². The van der Waals surface area contributed by atoms with Gasteiger partial charge in [0.15, 0.2) is 0 Å². The van der Waals surface area contributed by atoms with Crippen molar-refractivity contribution < 1.29 is 18.7 Å². The lowest BCUT2D eigenvalue weighted by Crippen LogP contribution is -2.38. The SMILES string of the molecule is CN(C)CCOc1nnc(-c2cc(Cl)ccc2F)cc1Nc1ccnc(NC(=O)CCN2CCOCC2)c1. The van der Waals surface area contributed by atoms with Crippen molar-refractivity contribution in [3.63, 3.8) is 0 Å². The molecule has 10 nitrogen and oxygen atoms in total. The zero-order chi connectivity index (χ0) is 26.9. The van der Waals surface area contributed by atoms with Gasteiger partial charge in [-0.2, -0.15) is 0 Å². The lowest BCUT2D eigenvalue weighted by molar-refractivity contribution is -0.116. The van der Waals surface area contributed by atoms with Crippen LogP contribution >= 0.6 is 11.6 Å². The number of aromatic nitrogens is 3. The fourth-order valence-corrected chi connectivity index (χ4v) is 3.92. The number of ether oxygens (including phenoxy) is 2. The number of halogens is 2. The van der Waals surface area contributed by atoms with E-state index in [2.05, 4.69) is 30.7 Å². The molecule has 1 amide bonds. The number of morpholine rings is 1. The molecule has 0 radical (unpaired) electrons. The molecule has 0 spiro atoms. The van der Waals surface area contributed by atoms with Crippen molar-refractivity contribution in [2.45, 2.75) is 6.42 Å². The highest BCUT2D eigenvalue weighted by Gasteiger charge is 2.16. The van der Waals surface area contributed by atoms with Crippen LogP contribution in [-0.4, -0.2) is 91.0 Å². The minimum absolute atomic E-state index is 0.127. The van der Waals surface area contributed by atoms with Crippen molar-refractivity contribution in [3.05, 3.63) is 53.4 Å². The number of nitrogens with zero attached hydrogens (tertiary/aromatic N) is 5. The van der Waals surface area contributed by atoms with Crippen molar-refractivity contribution in [2.24, 2.45) is 0 Å². The topological polar surface area (TPSA) is 105 Å². The molecule has 202 valence electrons. The second kappa shape index (κ2) is 13.4. The van der Waals surface area contributed by atoms with Gasteiger partial charge < -0.3 is 25.0 Å². The summed E-state index contributed by atoms with van der Waals surface area (Å²) >= 11 is 6.08. The monoisotopic (exact) mass is 543 g/mol. The van der Waals surface area contributed by atoms with Crippen molar-refractivity contribution >= 4 is 34.7 Å². The Balaban J connectivity index is 1.50. The molecule has 0 unspecified atom stereocenters. The Morgan fingerprint density at radius 3 is 2.79 bits per heavy atom. The van der Waals surface area contributed by atoms with Crippen LogP contribution in [0.25, 0.3) is 11.3 Å². The standard InChI is InChI=1S/C26H31ClFN7O3/c1-34(2)9-14-38-26-23(17-22(32-33-26)20-15-18(27)3-4-21(20)28)30-19-5-7-29-24(16-19)31-25(36)6-8-35-10-12-37-13-11-35/h3-5,7,15-17H,6,8-14H2,1-2H3,(H2,29,30,31,32,36). The fraction of sp³-hybridized carbons (Fsp3) is 0.385. The molecule has 3 aromatic rings. The minimum atomic E-state index is -0.470. The van der Waals surface area contributed by atoms with E-state index in [1.165, 1.54) is 18.2 Å². The lowest BCUT2D eigenvalue weighted by atomic mass is 10.1. The number of benzene rings is 1. The van der Waals surface area contributed by atoms with Gasteiger partial charge in [-0.25, -0.2) is 9.37 Å². The summed E-state index contributed by atoms with van der Waals surface area (Å²) in [5.74, 6) is 0.0613. The van der Waals surface area contributed by atoms with Crippen molar-refractivity contribution in [1.82, 2.24) is 25.0 Å². The fourth-order valence-electron chi connectivity index (χ4n) is 3.75. The van der Waals surface area contributed by atoms with Crippen LogP contribution in [-0.2, 0) is 9.53 Å². The van der Waals surface area contributed by atoms with Crippen LogP contribution in [0.1, 0.15) is 6.42 Å². The Labute approximate surface area is 226 Å². The van der Waals surface area contributed by atoms with E-state index in [0.717, 1.165) is 13.1 Å². The van der Waals surface area contributed by atoms with Gasteiger partial charge in [0.25, 0.3) is 5.88 Å². The van der Waals surface area contributed by atoms with E-state index in [9.17, 15) is 9.18 Å². The highest BCUT2D eigenvalue weighted by atomic mass is 35.5. The molecule has 0 aliphatic carbocycles. The van der Waals surface area contributed by atoms with E-state index in [0.29, 0.717) is 61.5 Å². The van der Waals surface area contributed by atoms with Gasteiger partial charge in [-0.1, -0.05) is 11.6 Å². The van der Waals surface area contributed by atoms with Crippen LogP contribution < -0.4 is 15.4 Å². The molecule has 0 saturated carbocycles. The Morgan fingerprint density at radius 2 is 2.00 bits per heavy atom. The summed E-state index contributed by atoms with van der Waals surface area (Å²) in [7, 11) is 3.87. The summed E-state index contributed by atoms with van der Waals surface area (Å²) in [6.45, 7) is 4.73. The van der Waals surface area contributed by atoms with E-state index >= 15 is 0 Å². The molecule has 2 aromatic heterocycles. The van der Waals surface area contributed by atoms with E-state index in [1.54, 1.807) is 24.4 Å². The summed E-state index contributed by atoms with van der Waals surface area (Å²) in [6, 6.07) is 9.34. The summed E-state index contributed by atoms with van der Waals surface area (Å²) in [5, 5.41) is 14.8. The number of likely N-dealkylation sites (N-methyl/N-ethyl adjacent to an activating group) is 1. The molecule has 4 rings (SSSR count). The number of hydrogen-bond acceptors (Lipinski definition) is 9. The first-order chi connectivity index (χ1) is 18.4. The highest BCUT2D eigenvalue weighted by molar-refractivity contribution is 6.30. The zero-order valence-corrected chi connectivity index (χ0v) is 22.2. The number of anilines is 3. The predicted octanol–water partition coefficient (Wildman–Crippen LogP) is 3.68. The van der Waals surface area contributed by atoms with Gasteiger partial charge in [-0.05, 0) is 44.4 Å². The molecule has 12 heteroatoms. The van der Waals surface area contributed by atoms with Crippen LogP contribution in [0.4, 0.5) is 21.6 Å². The maximum atomic E-state index is 14.5. The van der Waals surface area contributed by atoms with Crippen LogP contribution in [0.15, 0.2) is 42.6 Å². The number of hydrogen-bond donors (Lipinski definition) is 2. The first-order valence-corrected chi connectivity index (χ1v) is 12.7. The predicted molar refractivity (Wildman–Crippen MR) is 145 cm³/mol. The smallest absolute Gasteiger partial charge is 0.257 e. The zero-order valence-electron chi connectivity index (χ0n) is 21.4. The molecular formula is C26H31ClFN7O3. The van der Waals surface area contributed by atoms with E-state index in [-0.39, 0.29) is 23.0 Å². The molecular weight excluding hydrogens is 513 g/mol. The minimum Gasteiger partial charge on any atom is -0.474 e. The molecule has 3 heterocycles. The van der Waals surface area contributed by atoms with E-state index in [1.807, 2.05) is 19.0 Å². The number of pyridine rings is 1. The van der Waals surface area contributed by atoms with Crippen LogP contribution in [0.5, 0.6) is 5.88 Å². The molecule has 38 heavy (non-hydrogen) atoms. The third-order valence-electron chi connectivity index (χ3n) is 5.81. The average Bonchev–Trinajstić information content (AvgIpc) is 2.90. The Morgan fingerprint density at radius 1 is 1.18 bits per heavy atom. The summed E-state index contributed by atoms with van der Waals surface area (Å²) in [4.78, 5) is 20.9. The summed E-state index contributed by atoms with van der Waals surface area (Å²) in [6.07, 6.45) is 1.94. The molecule has 0 atom stereocenters. The Hall–Kier alpha value is -3.38. The number of carbonyl (C=O) groups is 1. The van der Waals surface area contributed by atoms with Crippen molar-refractivity contribution in [3.8, 4) is 17.1 Å². The van der Waals surface area contributed by atoms with Crippen LogP contribution in [0.2, 0.25) is 5.02 Å². The van der Waals surface area contributed by atoms with Gasteiger partial charge in [-0.3, -0.25) is 9.69 Å².